The molecule has 0 spiro atoms. The molecule has 0 aliphatic heterocycles. The first-order valence-electron chi connectivity index (χ1n) is 7.97. The highest BCUT2D eigenvalue weighted by Gasteiger charge is 2.45. The van der Waals surface area contributed by atoms with Crippen LogP contribution in [-0.4, -0.2) is 10.9 Å². The van der Waals surface area contributed by atoms with Gasteiger partial charge in [-0.2, -0.15) is 0 Å². The Morgan fingerprint density at radius 2 is 2.12 bits per heavy atom. The summed E-state index contributed by atoms with van der Waals surface area (Å²) in [5.41, 5.74) is 5.27. The van der Waals surface area contributed by atoms with Crippen LogP contribution < -0.4 is 5.32 Å². The molecule has 0 saturated heterocycles. The number of fused-ring (bicyclic) bond motifs is 1. The van der Waals surface area contributed by atoms with Crippen LogP contribution in [-0.2, 0) is 4.79 Å². The average molecular weight is 367 g/mol. The molecule has 0 radical (unpaired) electrons. The van der Waals surface area contributed by atoms with Crippen molar-refractivity contribution in [2.24, 2.45) is 5.41 Å². The quantitative estimate of drug-likeness (QED) is 0.636. The maximum Gasteiger partial charge on any atom is 0.230 e. The first kappa shape index (κ1) is 16.1. The molecule has 5 heteroatoms. The lowest BCUT2D eigenvalue weighted by Gasteiger charge is -2.17. The zero-order valence-corrected chi connectivity index (χ0v) is 15.2. The smallest absolute Gasteiger partial charge is 0.230 e. The highest BCUT2D eigenvalue weighted by molar-refractivity contribution is 7.17. The third-order valence-electron chi connectivity index (χ3n) is 4.72. The second kappa shape index (κ2) is 5.87. The second-order valence-corrected chi connectivity index (χ2v) is 7.75. The van der Waals surface area contributed by atoms with E-state index in [1.165, 1.54) is 11.3 Å². The molecule has 3 nitrogen and oxygen atoms in total. The number of aromatic nitrogens is 1. The van der Waals surface area contributed by atoms with Crippen molar-refractivity contribution in [1.82, 2.24) is 4.98 Å². The molecule has 1 fully saturated rings. The number of hydrogen-bond acceptors (Lipinski definition) is 3. The zero-order chi connectivity index (χ0) is 17.6. The van der Waals surface area contributed by atoms with E-state index < -0.39 is 0 Å². The summed E-state index contributed by atoms with van der Waals surface area (Å²) in [7, 11) is 0. The minimum absolute atomic E-state index is 0.00213. The Bertz CT molecular complexity index is 1040. The Kier molecular flexibility index (Phi) is 3.79. The van der Waals surface area contributed by atoms with Gasteiger partial charge in [0, 0.05) is 16.5 Å². The van der Waals surface area contributed by atoms with Crippen molar-refractivity contribution in [3.63, 3.8) is 0 Å². The van der Waals surface area contributed by atoms with Crippen LogP contribution in [0.2, 0.25) is 5.02 Å². The van der Waals surface area contributed by atoms with Gasteiger partial charge in [0.15, 0.2) is 0 Å². The Morgan fingerprint density at radius 3 is 2.84 bits per heavy atom. The normalized spacial score (nSPS) is 14.9. The van der Waals surface area contributed by atoms with Gasteiger partial charge < -0.3 is 5.32 Å². The summed E-state index contributed by atoms with van der Waals surface area (Å²) >= 11 is 8.11. The van der Waals surface area contributed by atoms with E-state index in [4.69, 9.17) is 18.0 Å². The number of hydrogen-bond donors (Lipinski definition) is 1. The minimum atomic E-state index is -0.297. The third-order valence-corrected chi connectivity index (χ3v) is 6.07. The van der Waals surface area contributed by atoms with E-state index in [9.17, 15) is 4.79 Å². The summed E-state index contributed by atoms with van der Waals surface area (Å²) in [6, 6.07) is 9.57. The van der Waals surface area contributed by atoms with Gasteiger partial charge in [0.1, 0.15) is 0 Å². The molecule has 1 N–H and O–H groups in total. The Balaban J connectivity index is 1.94. The molecule has 0 bridgehead atoms. The van der Waals surface area contributed by atoms with Gasteiger partial charge in [-0.05, 0) is 30.5 Å². The molecule has 0 atom stereocenters. The third kappa shape index (κ3) is 2.70. The zero-order valence-electron chi connectivity index (χ0n) is 13.6. The van der Waals surface area contributed by atoms with Gasteiger partial charge in [0.05, 0.1) is 26.4 Å². The highest BCUT2D eigenvalue weighted by Crippen LogP contribution is 2.48. The summed E-state index contributed by atoms with van der Waals surface area (Å²) in [6.07, 6.45) is 7.46. The van der Waals surface area contributed by atoms with Crippen LogP contribution in [0.5, 0.6) is 0 Å². The molecule has 124 valence electrons. The van der Waals surface area contributed by atoms with Crippen LogP contribution in [0, 0.1) is 17.8 Å². The van der Waals surface area contributed by atoms with Gasteiger partial charge in [0.25, 0.3) is 0 Å². The Hall–Kier alpha value is -2.35. The lowest BCUT2D eigenvalue weighted by atomic mass is 9.97. The van der Waals surface area contributed by atoms with Crippen molar-refractivity contribution in [2.45, 2.75) is 19.8 Å². The molecule has 2 aromatic carbocycles. The average Bonchev–Trinajstić information content (AvgIpc) is 3.20. The molecule has 1 aromatic heterocycles. The number of carbonyl (C=O) groups excluding carboxylic acids is 1. The number of nitrogens with one attached hydrogen (secondary N) is 1. The molecule has 1 amide bonds. The van der Waals surface area contributed by atoms with Gasteiger partial charge >= 0.3 is 0 Å². The van der Waals surface area contributed by atoms with E-state index in [2.05, 4.69) is 16.2 Å². The van der Waals surface area contributed by atoms with E-state index in [1.54, 1.807) is 5.51 Å². The van der Waals surface area contributed by atoms with Gasteiger partial charge in [-0.15, -0.1) is 17.8 Å². The fourth-order valence-corrected chi connectivity index (χ4v) is 3.91. The van der Waals surface area contributed by atoms with Crippen LogP contribution in [0.15, 0.2) is 35.8 Å². The van der Waals surface area contributed by atoms with Crippen molar-refractivity contribution in [3.8, 4) is 23.5 Å². The van der Waals surface area contributed by atoms with Crippen molar-refractivity contribution < 1.29 is 4.79 Å². The predicted molar refractivity (Wildman–Crippen MR) is 104 cm³/mol. The molecule has 25 heavy (non-hydrogen) atoms. The fourth-order valence-electron chi connectivity index (χ4n) is 2.82. The van der Waals surface area contributed by atoms with E-state index in [0.29, 0.717) is 10.7 Å². The maximum atomic E-state index is 12.6. The molecule has 1 aliphatic rings. The molecule has 0 unspecified atom stereocenters. The number of nitrogens with zero attached hydrogens (tertiary/aromatic N) is 1. The SMILES string of the molecule is C#Cc1ccccc1-c1cc2ncsc2c(Cl)c1NC(=O)C1(C)CC1. The van der Waals surface area contributed by atoms with Crippen LogP contribution in [0.25, 0.3) is 21.3 Å². The number of benzene rings is 2. The van der Waals surface area contributed by atoms with E-state index in [0.717, 1.165) is 39.7 Å². The van der Waals surface area contributed by atoms with Gasteiger partial charge in [-0.25, -0.2) is 4.98 Å². The highest BCUT2D eigenvalue weighted by atomic mass is 35.5. The number of anilines is 1. The summed E-state index contributed by atoms with van der Waals surface area (Å²) in [4.78, 5) is 17.0. The molecular formula is C20H15ClN2OS. The first-order chi connectivity index (χ1) is 12.0. The summed E-state index contributed by atoms with van der Waals surface area (Å²) in [5, 5.41) is 3.57. The number of thiazole rings is 1. The Labute approximate surface area is 155 Å². The monoisotopic (exact) mass is 366 g/mol. The summed E-state index contributed by atoms with van der Waals surface area (Å²) < 4.78 is 0.861. The predicted octanol–water partition coefficient (Wildman–Crippen LogP) is 5.34. The minimum Gasteiger partial charge on any atom is -0.324 e. The fraction of sp³-hybridized carbons (Fsp3) is 0.200. The van der Waals surface area contributed by atoms with Crippen molar-refractivity contribution in [3.05, 3.63) is 46.4 Å². The van der Waals surface area contributed by atoms with Gasteiger partial charge in [-0.3, -0.25) is 4.79 Å². The standard InChI is InChI=1S/C20H15ClN2OS/c1-3-12-6-4-5-7-13(12)14-10-15-18(25-11-22-15)16(21)17(14)23-19(24)20(2)8-9-20/h1,4-7,10-11H,8-9H2,2H3,(H,23,24). The van der Waals surface area contributed by atoms with Crippen LogP contribution >= 0.6 is 22.9 Å². The molecular weight excluding hydrogens is 352 g/mol. The largest absolute Gasteiger partial charge is 0.324 e. The second-order valence-electron chi connectivity index (χ2n) is 6.52. The summed E-state index contributed by atoms with van der Waals surface area (Å²) in [6.45, 7) is 1.97. The van der Waals surface area contributed by atoms with Crippen LogP contribution in [0.1, 0.15) is 25.3 Å². The summed E-state index contributed by atoms with van der Waals surface area (Å²) in [5.74, 6) is 2.70. The first-order valence-corrected chi connectivity index (χ1v) is 9.22. The number of rotatable bonds is 3. The topological polar surface area (TPSA) is 42.0 Å². The van der Waals surface area contributed by atoms with E-state index >= 15 is 0 Å². The Morgan fingerprint density at radius 1 is 1.36 bits per heavy atom. The molecule has 1 aliphatic carbocycles. The molecule has 3 aromatic rings. The van der Waals surface area contributed by atoms with Crippen LogP contribution in [0.4, 0.5) is 5.69 Å². The molecule has 4 rings (SSSR count). The lowest BCUT2D eigenvalue weighted by Crippen LogP contribution is -2.22. The van der Waals surface area contributed by atoms with Gasteiger partial charge in [0.2, 0.25) is 5.91 Å². The number of carbonyl (C=O) groups is 1. The molecule has 1 saturated carbocycles. The van der Waals surface area contributed by atoms with Crippen molar-refractivity contribution >= 4 is 44.7 Å². The molecule has 1 heterocycles. The van der Waals surface area contributed by atoms with Gasteiger partial charge in [-0.1, -0.05) is 42.6 Å². The van der Waals surface area contributed by atoms with Crippen molar-refractivity contribution in [1.29, 1.82) is 0 Å². The maximum absolute atomic E-state index is 12.6. The number of halogens is 1. The van der Waals surface area contributed by atoms with Crippen molar-refractivity contribution in [2.75, 3.05) is 5.32 Å². The van der Waals surface area contributed by atoms with E-state index in [-0.39, 0.29) is 11.3 Å². The lowest BCUT2D eigenvalue weighted by molar-refractivity contribution is -0.120. The number of amides is 1. The van der Waals surface area contributed by atoms with Crippen LogP contribution in [0.3, 0.4) is 0 Å². The van der Waals surface area contributed by atoms with E-state index in [1.807, 2.05) is 37.3 Å². The number of terminal acetylenes is 1.